The number of carbonyl (C=O) groups is 1. The second-order valence-electron chi connectivity index (χ2n) is 5.58. The molecule has 0 saturated carbocycles. The standard InChI is InChI=1S/C19H18IN3O2/c1-23-12-11-21-18(23)17(13-5-9-16(25-2)10-6-13)22-19(24)14-3-7-15(20)8-4-14/h3-12,17H,1-2H3,(H,22,24). The van der Waals surface area contributed by atoms with Gasteiger partial charge in [-0.05, 0) is 64.6 Å². The van der Waals surface area contributed by atoms with E-state index in [1.807, 2.05) is 66.3 Å². The smallest absolute Gasteiger partial charge is 0.252 e. The SMILES string of the molecule is COc1ccc(C(NC(=O)c2ccc(I)cc2)c2nccn2C)cc1. The minimum Gasteiger partial charge on any atom is -0.497 e. The van der Waals surface area contributed by atoms with Crippen molar-refractivity contribution in [1.82, 2.24) is 14.9 Å². The number of carbonyl (C=O) groups excluding carboxylic acids is 1. The van der Waals surface area contributed by atoms with Gasteiger partial charge >= 0.3 is 0 Å². The fourth-order valence-electron chi connectivity index (χ4n) is 2.56. The van der Waals surface area contributed by atoms with Crippen LogP contribution >= 0.6 is 22.6 Å². The van der Waals surface area contributed by atoms with Crippen molar-refractivity contribution in [1.29, 1.82) is 0 Å². The summed E-state index contributed by atoms with van der Waals surface area (Å²) in [5.74, 6) is 1.40. The van der Waals surface area contributed by atoms with E-state index in [1.165, 1.54) is 0 Å². The number of halogens is 1. The highest BCUT2D eigenvalue weighted by atomic mass is 127. The molecule has 128 valence electrons. The first-order valence-electron chi connectivity index (χ1n) is 7.76. The number of nitrogens with zero attached hydrogens (tertiary/aromatic N) is 2. The third-order valence-corrected chi connectivity index (χ3v) is 4.67. The zero-order valence-corrected chi connectivity index (χ0v) is 16.1. The Balaban J connectivity index is 1.92. The van der Waals surface area contributed by atoms with Gasteiger partial charge in [-0.25, -0.2) is 4.98 Å². The van der Waals surface area contributed by atoms with Crippen LogP contribution in [0.15, 0.2) is 60.9 Å². The Bertz CT molecular complexity index is 857. The Labute approximate surface area is 160 Å². The summed E-state index contributed by atoms with van der Waals surface area (Å²) in [6, 6.07) is 14.7. The molecule has 6 heteroatoms. The quantitative estimate of drug-likeness (QED) is 0.609. The number of ether oxygens (including phenoxy) is 1. The molecule has 0 aliphatic rings. The number of benzene rings is 2. The van der Waals surface area contributed by atoms with Crippen molar-refractivity contribution in [3.8, 4) is 5.75 Å². The molecule has 1 N–H and O–H groups in total. The zero-order chi connectivity index (χ0) is 17.8. The Hall–Kier alpha value is -2.35. The van der Waals surface area contributed by atoms with Crippen molar-refractivity contribution in [2.24, 2.45) is 7.05 Å². The van der Waals surface area contributed by atoms with Gasteiger partial charge in [0.2, 0.25) is 0 Å². The van der Waals surface area contributed by atoms with Crippen LogP contribution < -0.4 is 10.1 Å². The first kappa shape index (κ1) is 17.5. The monoisotopic (exact) mass is 447 g/mol. The summed E-state index contributed by atoms with van der Waals surface area (Å²) < 4.78 is 8.21. The highest BCUT2D eigenvalue weighted by molar-refractivity contribution is 14.1. The number of amides is 1. The predicted molar refractivity (Wildman–Crippen MR) is 105 cm³/mol. The normalized spacial score (nSPS) is 11.8. The first-order chi connectivity index (χ1) is 12.1. The molecule has 0 saturated heterocycles. The lowest BCUT2D eigenvalue weighted by molar-refractivity contribution is 0.0941. The number of aromatic nitrogens is 2. The molecule has 0 spiro atoms. The van der Waals surface area contributed by atoms with Crippen LogP contribution in [0.2, 0.25) is 0 Å². The molecule has 0 fully saturated rings. The second-order valence-corrected chi connectivity index (χ2v) is 6.83. The van der Waals surface area contributed by atoms with Gasteiger partial charge < -0.3 is 14.6 Å². The summed E-state index contributed by atoms with van der Waals surface area (Å²) >= 11 is 2.22. The minimum absolute atomic E-state index is 0.139. The van der Waals surface area contributed by atoms with E-state index in [0.717, 1.165) is 20.7 Å². The van der Waals surface area contributed by atoms with Crippen molar-refractivity contribution in [3.05, 3.63) is 81.4 Å². The van der Waals surface area contributed by atoms with Gasteiger partial charge in [0.25, 0.3) is 5.91 Å². The van der Waals surface area contributed by atoms with Crippen LogP contribution in [-0.4, -0.2) is 22.6 Å². The van der Waals surface area contributed by atoms with Crippen molar-refractivity contribution in [3.63, 3.8) is 0 Å². The molecule has 3 rings (SSSR count). The zero-order valence-electron chi connectivity index (χ0n) is 13.9. The number of nitrogens with one attached hydrogen (secondary N) is 1. The average molecular weight is 447 g/mol. The van der Waals surface area contributed by atoms with Gasteiger partial charge in [-0.3, -0.25) is 4.79 Å². The molecule has 0 bridgehead atoms. The van der Waals surface area contributed by atoms with Crippen LogP contribution in [-0.2, 0) is 7.05 Å². The molecule has 1 aromatic heterocycles. The number of hydrogen-bond donors (Lipinski definition) is 1. The molecule has 3 aromatic rings. The Kier molecular flexibility index (Phi) is 5.37. The van der Waals surface area contributed by atoms with Gasteiger partial charge in [0.05, 0.1) is 7.11 Å². The number of rotatable bonds is 5. The lowest BCUT2D eigenvalue weighted by Crippen LogP contribution is -2.31. The molecule has 25 heavy (non-hydrogen) atoms. The minimum atomic E-state index is -0.349. The average Bonchev–Trinajstić information content (AvgIpc) is 3.06. The van der Waals surface area contributed by atoms with Crippen molar-refractivity contribution < 1.29 is 9.53 Å². The maximum atomic E-state index is 12.7. The Morgan fingerprint density at radius 2 is 1.84 bits per heavy atom. The first-order valence-corrected chi connectivity index (χ1v) is 8.84. The van der Waals surface area contributed by atoms with E-state index < -0.39 is 0 Å². The van der Waals surface area contributed by atoms with E-state index >= 15 is 0 Å². The van der Waals surface area contributed by atoms with Crippen LogP contribution in [0.5, 0.6) is 5.75 Å². The number of hydrogen-bond acceptors (Lipinski definition) is 3. The third kappa shape index (κ3) is 4.01. The number of methoxy groups -OCH3 is 1. The van der Waals surface area contributed by atoms with Gasteiger partial charge in [-0.2, -0.15) is 0 Å². The van der Waals surface area contributed by atoms with Crippen LogP contribution in [0.3, 0.4) is 0 Å². The van der Waals surface area contributed by atoms with Gasteiger partial charge in [-0.1, -0.05) is 12.1 Å². The molecular formula is C19H18IN3O2. The van der Waals surface area contributed by atoms with Crippen LogP contribution in [0, 0.1) is 3.57 Å². The van der Waals surface area contributed by atoms with Gasteiger partial charge in [0.15, 0.2) is 0 Å². The maximum absolute atomic E-state index is 12.7. The van der Waals surface area contributed by atoms with Crippen LogP contribution in [0.25, 0.3) is 0 Å². The molecule has 1 amide bonds. The summed E-state index contributed by atoms with van der Waals surface area (Å²) in [6.45, 7) is 0. The summed E-state index contributed by atoms with van der Waals surface area (Å²) in [4.78, 5) is 17.1. The fourth-order valence-corrected chi connectivity index (χ4v) is 2.92. The van der Waals surface area contributed by atoms with Crippen LogP contribution in [0.4, 0.5) is 0 Å². The lowest BCUT2D eigenvalue weighted by atomic mass is 10.0. The Morgan fingerprint density at radius 3 is 2.40 bits per heavy atom. The van der Waals surface area contributed by atoms with Gasteiger partial charge in [0.1, 0.15) is 17.6 Å². The molecule has 0 aliphatic carbocycles. The predicted octanol–water partition coefficient (Wildman–Crippen LogP) is 3.55. The summed E-state index contributed by atoms with van der Waals surface area (Å²) in [6.07, 6.45) is 3.59. The lowest BCUT2D eigenvalue weighted by Gasteiger charge is -2.19. The highest BCUT2D eigenvalue weighted by Crippen LogP contribution is 2.23. The molecular weight excluding hydrogens is 429 g/mol. The summed E-state index contributed by atoms with van der Waals surface area (Å²) in [7, 11) is 3.54. The molecule has 0 aliphatic heterocycles. The second kappa shape index (κ2) is 7.69. The van der Waals surface area contributed by atoms with E-state index in [9.17, 15) is 4.79 Å². The molecule has 1 unspecified atom stereocenters. The van der Waals surface area contributed by atoms with Gasteiger partial charge in [0, 0.05) is 28.6 Å². The van der Waals surface area contributed by atoms with Crippen molar-refractivity contribution >= 4 is 28.5 Å². The molecule has 2 aromatic carbocycles. The topological polar surface area (TPSA) is 56.1 Å². The summed E-state index contributed by atoms with van der Waals surface area (Å²) in [5.41, 5.74) is 1.56. The molecule has 1 atom stereocenters. The van der Waals surface area contributed by atoms with E-state index in [2.05, 4.69) is 32.9 Å². The molecule has 1 heterocycles. The number of aryl methyl sites for hydroxylation is 1. The fraction of sp³-hybridized carbons (Fsp3) is 0.158. The summed E-state index contributed by atoms with van der Waals surface area (Å²) in [5, 5.41) is 3.08. The van der Waals surface area contributed by atoms with E-state index in [4.69, 9.17) is 4.74 Å². The van der Waals surface area contributed by atoms with Crippen molar-refractivity contribution in [2.75, 3.05) is 7.11 Å². The highest BCUT2D eigenvalue weighted by Gasteiger charge is 2.21. The maximum Gasteiger partial charge on any atom is 0.252 e. The van der Waals surface area contributed by atoms with Gasteiger partial charge in [-0.15, -0.1) is 0 Å². The van der Waals surface area contributed by atoms with E-state index in [0.29, 0.717) is 5.56 Å². The molecule has 5 nitrogen and oxygen atoms in total. The van der Waals surface area contributed by atoms with Crippen molar-refractivity contribution in [2.45, 2.75) is 6.04 Å². The van der Waals surface area contributed by atoms with Crippen LogP contribution in [0.1, 0.15) is 27.8 Å². The Morgan fingerprint density at radius 1 is 1.16 bits per heavy atom. The van der Waals surface area contributed by atoms with E-state index in [-0.39, 0.29) is 11.9 Å². The third-order valence-electron chi connectivity index (χ3n) is 3.95. The van der Waals surface area contributed by atoms with E-state index in [1.54, 1.807) is 13.3 Å². The molecule has 0 radical (unpaired) electrons. The number of imidazole rings is 1. The largest absolute Gasteiger partial charge is 0.497 e.